The number of rotatable bonds is 7. The molecule has 3 aromatic rings. The highest BCUT2D eigenvalue weighted by atomic mass is 35.5. The molecule has 2 fully saturated rings. The van der Waals surface area contributed by atoms with Gasteiger partial charge in [0, 0.05) is 16.3 Å². The summed E-state index contributed by atoms with van der Waals surface area (Å²) < 4.78 is 2.12. The highest BCUT2D eigenvalue weighted by Crippen LogP contribution is 2.33. The topological polar surface area (TPSA) is 70.4 Å². The number of aliphatic carboxylic acids is 1. The molecular formula is C28H33ClN4O2. The number of halogens is 1. The van der Waals surface area contributed by atoms with Crippen molar-refractivity contribution in [3.05, 3.63) is 70.4 Å². The number of fused-ring (bicyclic) bond motifs is 1. The molecule has 3 heterocycles. The van der Waals surface area contributed by atoms with Crippen LogP contribution in [0.4, 0.5) is 0 Å². The fraction of sp³-hybridized carbons (Fsp3) is 0.429. The lowest BCUT2D eigenvalue weighted by atomic mass is 9.91. The number of likely N-dealkylation sites (tertiary alicyclic amines) is 1. The van der Waals surface area contributed by atoms with E-state index in [9.17, 15) is 4.79 Å². The smallest absolute Gasteiger partial charge is 0.317 e. The molecule has 0 spiro atoms. The van der Waals surface area contributed by atoms with Crippen LogP contribution >= 0.6 is 11.6 Å². The third kappa shape index (κ3) is 5.95. The van der Waals surface area contributed by atoms with Gasteiger partial charge >= 0.3 is 5.97 Å². The Kier molecular flexibility index (Phi) is 7.51. The van der Waals surface area contributed by atoms with Gasteiger partial charge in [0.25, 0.3) is 0 Å². The first-order valence-electron chi connectivity index (χ1n) is 12.6. The van der Waals surface area contributed by atoms with Crippen molar-refractivity contribution >= 4 is 34.5 Å². The van der Waals surface area contributed by atoms with Gasteiger partial charge in [0.2, 0.25) is 0 Å². The first kappa shape index (κ1) is 24.0. The Balaban J connectivity index is 1.43. The van der Waals surface area contributed by atoms with Gasteiger partial charge in [-0.1, -0.05) is 48.0 Å². The molecular weight excluding hydrogens is 460 g/mol. The highest BCUT2D eigenvalue weighted by Gasteiger charge is 2.26. The Bertz CT molecular complexity index is 1190. The summed E-state index contributed by atoms with van der Waals surface area (Å²) in [4.78, 5) is 13.1. The van der Waals surface area contributed by atoms with Crippen molar-refractivity contribution in [2.45, 2.75) is 38.1 Å². The average molecular weight is 493 g/mol. The van der Waals surface area contributed by atoms with Crippen molar-refractivity contribution in [2.75, 3.05) is 32.7 Å². The van der Waals surface area contributed by atoms with E-state index in [-0.39, 0.29) is 6.54 Å². The Hall–Kier alpha value is -2.67. The van der Waals surface area contributed by atoms with Crippen molar-refractivity contribution in [3.63, 3.8) is 0 Å². The predicted molar refractivity (Wildman–Crippen MR) is 141 cm³/mol. The van der Waals surface area contributed by atoms with Crippen molar-refractivity contribution in [1.29, 1.82) is 0 Å². The molecule has 2 N–H and O–H groups in total. The average Bonchev–Trinajstić information content (AvgIpc) is 3.22. The summed E-state index contributed by atoms with van der Waals surface area (Å²) in [6, 6.07) is 14.7. The first-order valence-corrected chi connectivity index (χ1v) is 13.0. The quantitative estimate of drug-likeness (QED) is 0.485. The predicted octanol–water partition coefficient (Wildman–Crippen LogP) is 5.01. The lowest BCUT2D eigenvalue weighted by Crippen LogP contribution is -2.36. The largest absolute Gasteiger partial charge is 0.480 e. The number of nitrogens with one attached hydrogen (secondary N) is 1. The third-order valence-corrected chi connectivity index (χ3v) is 7.58. The molecule has 2 saturated heterocycles. The maximum Gasteiger partial charge on any atom is 0.317 e. The van der Waals surface area contributed by atoms with Crippen molar-refractivity contribution < 1.29 is 9.90 Å². The molecule has 2 aliphatic rings. The summed E-state index contributed by atoms with van der Waals surface area (Å²) in [5, 5.41) is 19.6. The Morgan fingerprint density at radius 2 is 1.83 bits per heavy atom. The number of carbonyl (C=O) groups is 1. The van der Waals surface area contributed by atoms with Gasteiger partial charge in [-0.3, -0.25) is 14.4 Å². The third-order valence-electron chi connectivity index (χ3n) is 7.33. The molecule has 6 nitrogen and oxygen atoms in total. The van der Waals surface area contributed by atoms with Gasteiger partial charge in [-0.15, -0.1) is 0 Å². The maximum atomic E-state index is 11.1. The summed E-state index contributed by atoms with van der Waals surface area (Å²) in [6.07, 6.45) is 8.87. The molecule has 0 amide bonds. The minimum absolute atomic E-state index is 0.116. The van der Waals surface area contributed by atoms with Crippen LogP contribution in [0.15, 0.2) is 48.5 Å². The standard InChI is InChI=1S/C28H33ClN4O2/c29-24-6-3-22(4-7-24)18-33-26-17-21(2-1-20-9-13-30-14-10-20)5-8-25(26)28(31-33)23-11-15-32(16-12-23)19-27(34)35/h1-8,17,20,23,30H,9-16,18-19H2,(H,34,35). The van der Waals surface area contributed by atoms with Crippen LogP contribution in [0.1, 0.15) is 48.4 Å². The molecule has 0 atom stereocenters. The van der Waals surface area contributed by atoms with Gasteiger partial charge in [-0.25, -0.2) is 0 Å². The zero-order chi connectivity index (χ0) is 24.2. The SMILES string of the molecule is O=C(O)CN1CCC(c2nn(Cc3ccc(Cl)cc3)c3cc(C=CC4CCNCC4)ccc23)CC1. The van der Waals surface area contributed by atoms with Crippen LogP contribution in [-0.2, 0) is 11.3 Å². The van der Waals surface area contributed by atoms with E-state index in [0.717, 1.165) is 60.8 Å². The van der Waals surface area contributed by atoms with Crippen molar-refractivity contribution in [1.82, 2.24) is 20.0 Å². The normalized spacial score (nSPS) is 18.5. The minimum atomic E-state index is -0.758. The second-order valence-corrected chi connectivity index (χ2v) is 10.3. The zero-order valence-electron chi connectivity index (χ0n) is 20.0. The molecule has 0 unspecified atom stereocenters. The van der Waals surface area contributed by atoms with Crippen LogP contribution in [-0.4, -0.2) is 58.5 Å². The molecule has 7 heteroatoms. The van der Waals surface area contributed by atoms with Gasteiger partial charge in [0.05, 0.1) is 24.3 Å². The van der Waals surface area contributed by atoms with E-state index in [1.807, 2.05) is 17.0 Å². The van der Waals surface area contributed by atoms with Gasteiger partial charge in [-0.05, 0) is 87.1 Å². The maximum absolute atomic E-state index is 11.1. The van der Waals surface area contributed by atoms with Gasteiger partial charge in [-0.2, -0.15) is 5.10 Å². The zero-order valence-corrected chi connectivity index (χ0v) is 20.8. The lowest BCUT2D eigenvalue weighted by Gasteiger charge is -2.30. The van der Waals surface area contributed by atoms with Crippen LogP contribution in [0.3, 0.4) is 0 Å². The number of aromatic nitrogens is 2. The number of hydrogen-bond donors (Lipinski definition) is 2. The fourth-order valence-corrected chi connectivity index (χ4v) is 5.47. The van der Waals surface area contributed by atoms with Crippen LogP contribution in [0, 0.1) is 5.92 Å². The number of hydrogen-bond acceptors (Lipinski definition) is 4. The molecule has 2 aromatic carbocycles. The van der Waals surface area contributed by atoms with E-state index in [2.05, 4.69) is 52.5 Å². The second kappa shape index (κ2) is 10.9. The van der Waals surface area contributed by atoms with Gasteiger partial charge in [0.1, 0.15) is 0 Å². The number of piperidine rings is 2. The molecule has 35 heavy (non-hydrogen) atoms. The summed E-state index contributed by atoms with van der Waals surface area (Å²) in [5.74, 6) is 0.217. The molecule has 184 valence electrons. The molecule has 1 aromatic heterocycles. The number of carboxylic acid groups (broad SMARTS) is 1. The lowest BCUT2D eigenvalue weighted by molar-refractivity contribution is -0.138. The van der Waals surface area contributed by atoms with Gasteiger partial charge in [0.15, 0.2) is 0 Å². The van der Waals surface area contributed by atoms with E-state index < -0.39 is 5.97 Å². The van der Waals surface area contributed by atoms with Crippen LogP contribution < -0.4 is 5.32 Å². The summed E-state index contributed by atoms with van der Waals surface area (Å²) in [6.45, 7) is 4.57. The van der Waals surface area contributed by atoms with E-state index >= 15 is 0 Å². The number of benzene rings is 2. The van der Waals surface area contributed by atoms with Crippen molar-refractivity contribution in [2.24, 2.45) is 5.92 Å². The summed E-state index contributed by atoms with van der Waals surface area (Å²) in [5.41, 5.74) is 4.65. The number of allylic oxidation sites excluding steroid dienone is 1. The monoisotopic (exact) mass is 492 g/mol. The summed E-state index contributed by atoms with van der Waals surface area (Å²) in [7, 11) is 0. The Labute approximate surface area is 211 Å². The molecule has 2 aliphatic heterocycles. The minimum Gasteiger partial charge on any atom is -0.480 e. The van der Waals surface area contributed by atoms with Gasteiger partial charge < -0.3 is 10.4 Å². The molecule has 5 rings (SSSR count). The van der Waals surface area contributed by atoms with Crippen molar-refractivity contribution in [3.8, 4) is 0 Å². The molecule has 0 bridgehead atoms. The van der Waals surface area contributed by atoms with Crippen LogP contribution in [0.25, 0.3) is 17.0 Å². The number of nitrogens with zero attached hydrogens (tertiary/aromatic N) is 3. The van der Waals surface area contributed by atoms with Crippen LogP contribution in [0.5, 0.6) is 0 Å². The molecule has 0 aliphatic carbocycles. The fourth-order valence-electron chi connectivity index (χ4n) is 5.34. The highest BCUT2D eigenvalue weighted by molar-refractivity contribution is 6.30. The molecule has 0 saturated carbocycles. The second-order valence-electron chi connectivity index (χ2n) is 9.84. The van der Waals surface area contributed by atoms with Crippen LogP contribution in [0.2, 0.25) is 5.02 Å². The van der Waals surface area contributed by atoms with E-state index in [4.69, 9.17) is 21.8 Å². The van der Waals surface area contributed by atoms with E-state index in [1.54, 1.807) is 0 Å². The summed E-state index contributed by atoms with van der Waals surface area (Å²) >= 11 is 6.10. The number of carboxylic acids is 1. The Morgan fingerprint density at radius 1 is 1.09 bits per heavy atom. The van der Waals surface area contributed by atoms with E-state index in [1.165, 1.54) is 23.8 Å². The first-order chi connectivity index (χ1) is 17.0. The molecule has 0 radical (unpaired) electrons. The Morgan fingerprint density at radius 3 is 2.54 bits per heavy atom. The van der Waals surface area contributed by atoms with E-state index in [0.29, 0.717) is 18.4 Å².